The van der Waals surface area contributed by atoms with Gasteiger partial charge < -0.3 is 5.32 Å². The van der Waals surface area contributed by atoms with Crippen molar-refractivity contribution in [1.82, 2.24) is 0 Å². The fourth-order valence-corrected chi connectivity index (χ4v) is 4.86. The van der Waals surface area contributed by atoms with Crippen molar-refractivity contribution in [2.24, 2.45) is 0 Å². The summed E-state index contributed by atoms with van der Waals surface area (Å²) in [5.41, 5.74) is 9.82. The maximum absolute atomic E-state index is 4.01. The quantitative estimate of drug-likeness (QED) is 0.372. The van der Waals surface area contributed by atoms with Gasteiger partial charge in [-0.25, -0.2) is 0 Å². The smallest absolute Gasteiger partial charge is 0.0470 e. The summed E-state index contributed by atoms with van der Waals surface area (Å²) >= 11 is 0. The number of nitrogens with one attached hydrogen (secondary N) is 1. The van der Waals surface area contributed by atoms with Gasteiger partial charge in [0, 0.05) is 22.2 Å². The van der Waals surface area contributed by atoms with Crippen molar-refractivity contribution in [3.05, 3.63) is 108 Å². The van der Waals surface area contributed by atoms with Gasteiger partial charge in [0.25, 0.3) is 0 Å². The van der Waals surface area contributed by atoms with Crippen LogP contribution in [0.25, 0.3) is 34.1 Å². The first-order chi connectivity index (χ1) is 14.5. The maximum atomic E-state index is 4.01. The number of anilines is 2. The second-order valence-electron chi connectivity index (χ2n) is 8.44. The summed E-state index contributed by atoms with van der Waals surface area (Å²) in [5.74, 6) is 0. The molecule has 0 spiro atoms. The second kappa shape index (κ2) is 6.74. The SMILES string of the molecule is C=Cc1cc(Nc2ccc3c(c2)C(C)(C)c2ccccc2-3)c2ccccc2c1C=C. The van der Waals surface area contributed by atoms with Gasteiger partial charge in [-0.2, -0.15) is 0 Å². The fraction of sp³-hybridized carbons (Fsp3) is 0.103. The van der Waals surface area contributed by atoms with Crippen LogP contribution in [0.3, 0.4) is 0 Å². The van der Waals surface area contributed by atoms with Gasteiger partial charge in [-0.15, -0.1) is 0 Å². The number of benzene rings is 4. The van der Waals surface area contributed by atoms with E-state index in [1.807, 2.05) is 12.2 Å². The second-order valence-corrected chi connectivity index (χ2v) is 8.44. The minimum absolute atomic E-state index is 0.00927. The molecule has 4 aromatic rings. The molecule has 146 valence electrons. The Kier molecular flexibility index (Phi) is 4.15. The van der Waals surface area contributed by atoms with Crippen molar-refractivity contribution in [1.29, 1.82) is 0 Å². The van der Waals surface area contributed by atoms with Gasteiger partial charge in [0.15, 0.2) is 0 Å². The molecule has 0 unspecified atom stereocenters. The molecular formula is C29H25N. The minimum atomic E-state index is -0.00927. The molecule has 30 heavy (non-hydrogen) atoms. The van der Waals surface area contributed by atoms with Gasteiger partial charge in [-0.3, -0.25) is 0 Å². The molecule has 1 nitrogen and oxygen atoms in total. The molecule has 0 fully saturated rings. The topological polar surface area (TPSA) is 12.0 Å². The van der Waals surface area contributed by atoms with E-state index >= 15 is 0 Å². The Bertz CT molecular complexity index is 1320. The highest BCUT2D eigenvalue weighted by molar-refractivity contribution is 6.03. The number of hydrogen-bond acceptors (Lipinski definition) is 1. The Hall–Kier alpha value is -3.58. The molecule has 0 saturated carbocycles. The van der Waals surface area contributed by atoms with Gasteiger partial charge in [0.2, 0.25) is 0 Å². The molecule has 0 heterocycles. The molecular weight excluding hydrogens is 362 g/mol. The highest BCUT2D eigenvalue weighted by Gasteiger charge is 2.35. The van der Waals surface area contributed by atoms with Crippen LogP contribution in [0.15, 0.2) is 86.0 Å². The Morgan fingerprint density at radius 2 is 1.43 bits per heavy atom. The Morgan fingerprint density at radius 1 is 0.733 bits per heavy atom. The van der Waals surface area contributed by atoms with Crippen molar-refractivity contribution in [3.8, 4) is 11.1 Å². The Labute approximate surface area is 178 Å². The average Bonchev–Trinajstić information content (AvgIpc) is 3.00. The zero-order valence-electron chi connectivity index (χ0n) is 17.5. The molecule has 0 saturated heterocycles. The van der Waals surface area contributed by atoms with Crippen molar-refractivity contribution in [2.45, 2.75) is 19.3 Å². The molecule has 0 aliphatic heterocycles. The average molecular weight is 388 g/mol. The third-order valence-electron chi connectivity index (χ3n) is 6.40. The van der Waals surface area contributed by atoms with E-state index in [1.165, 1.54) is 33.0 Å². The monoisotopic (exact) mass is 387 g/mol. The zero-order valence-corrected chi connectivity index (χ0v) is 17.5. The molecule has 0 atom stereocenters. The van der Waals surface area contributed by atoms with Crippen LogP contribution < -0.4 is 5.32 Å². The Balaban J connectivity index is 1.64. The van der Waals surface area contributed by atoms with Crippen molar-refractivity contribution in [2.75, 3.05) is 5.32 Å². The standard InChI is InChI=1S/C29H25N/c1-5-19-17-28(25-13-8-7-11-22(25)21(19)6-2)30-20-15-16-24-23-12-9-10-14-26(23)29(3,4)27(24)18-20/h5-18,30H,1-2H2,3-4H3. The van der Waals surface area contributed by atoms with E-state index in [-0.39, 0.29) is 5.41 Å². The molecule has 0 aromatic heterocycles. The van der Waals surface area contributed by atoms with Crippen molar-refractivity contribution < 1.29 is 0 Å². The predicted octanol–water partition coefficient (Wildman–Crippen LogP) is 8.18. The van der Waals surface area contributed by atoms with Crippen LogP contribution in [0.5, 0.6) is 0 Å². The molecule has 0 amide bonds. The van der Waals surface area contributed by atoms with Crippen LogP contribution in [0.1, 0.15) is 36.1 Å². The number of fused-ring (bicyclic) bond motifs is 4. The van der Waals surface area contributed by atoms with Gasteiger partial charge in [0.1, 0.15) is 0 Å². The highest BCUT2D eigenvalue weighted by Crippen LogP contribution is 2.49. The summed E-state index contributed by atoms with van der Waals surface area (Å²) < 4.78 is 0. The first-order valence-corrected chi connectivity index (χ1v) is 10.4. The van der Waals surface area contributed by atoms with Gasteiger partial charge >= 0.3 is 0 Å². The number of hydrogen-bond donors (Lipinski definition) is 1. The predicted molar refractivity (Wildman–Crippen MR) is 131 cm³/mol. The van der Waals surface area contributed by atoms with Crippen LogP contribution >= 0.6 is 0 Å². The molecule has 5 rings (SSSR count). The van der Waals surface area contributed by atoms with Crippen LogP contribution in [-0.4, -0.2) is 0 Å². The maximum Gasteiger partial charge on any atom is 0.0470 e. The number of rotatable bonds is 4. The van der Waals surface area contributed by atoms with E-state index in [4.69, 9.17) is 0 Å². The van der Waals surface area contributed by atoms with E-state index in [0.29, 0.717) is 0 Å². The van der Waals surface area contributed by atoms with Crippen LogP contribution in [0.2, 0.25) is 0 Å². The molecule has 0 radical (unpaired) electrons. The lowest BCUT2D eigenvalue weighted by Crippen LogP contribution is -2.15. The molecule has 1 aliphatic carbocycles. The largest absolute Gasteiger partial charge is 0.355 e. The Morgan fingerprint density at radius 3 is 2.20 bits per heavy atom. The molecule has 1 N–H and O–H groups in total. The van der Waals surface area contributed by atoms with E-state index in [2.05, 4.69) is 105 Å². The molecule has 0 bridgehead atoms. The third kappa shape index (κ3) is 2.63. The zero-order chi connectivity index (χ0) is 20.9. The normalized spacial score (nSPS) is 13.5. The third-order valence-corrected chi connectivity index (χ3v) is 6.40. The van der Waals surface area contributed by atoms with Crippen LogP contribution in [0.4, 0.5) is 11.4 Å². The van der Waals surface area contributed by atoms with Crippen molar-refractivity contribution >= 4 is 34.3 Å². The van der Waals surface area contributed by atoms with Gasteiger partial charge in [-0.1, -0.05) is 93.8 Å². The minimum Gasteiger partial charge on any atom is -0.355 e. The van der Waals surface area contributed by atoms with Gasteiger partial charge in [-0.05, 0) is 57.0 Å². The van der Waals surface area contributed by atoms with E-state index < -0.39 is 0 Å². The summed E-state index contributed by atoms with van der Waals surface area (Å²) in [6.45, 7) is 12.6. The van der Waals surface area contributed by atoms with E-state index in [0.717, 1.165) is 22.5 Å². The lowest BCUT2D eigenvalue weighted by atomic mass is 9.82. The lowest BCUT2D eigenvalue weighted by Gasteiger charge is -2.22. The summed E-state index contributed by atoms with van der Waals surface area (Å²) in [7, 11) is 0. The van der Waals surface area contributed by atoms with Crippen LogP contribution in [0, 0.1) is 0 Å². The van der Waals surface area contributed by atoms with Crippen LogP contribution in [-0.2, 0) is 5.41 Å². The van der Waals surface area contributed by atoms with E-state index in [1.54, 1.807) is 0 Å². The van der Waals surface area contributed by atoms with Gasteiger partial charge in [0.05, 0.1) is 0 Å². The summed E-state index contributed by atoms with van der Waals surface area (Å²) in [6, 6.07) is 26.1. The molecule has 4 aromatic carbocycles. The highest BCUT2D eigenvalue weighted by atomic mass is 14.9. The van der Waals surface area contributed by atoms with Crippen molar-refractivity contribution in [3.63, 3.8) is 0 Å². The fourth-order valence-electron chi connectivity index (χ4n) is 4.86. The molecule has 1 heteroatoms. The summed E-state index contributed by atoms with van der Waals surface area (Å²) in [5, 5.41) is 6.05. The summed E-state index contributed by atoms with van der Waals surface area (Å²) in [6.07, 6.45) is 3.81. The lowest BCUT2D eigenvalue weighted by molar-refractivity contribution is 0.660. The van der Waals surface area contributed by atoms with E-state index in [9.17, 15) is 0 Å². The first kappa shape index (κ1) is 18.4. The first-order valence-electron chi connectivity index (χ1n) is 10.4. The summed E-state index contributed by atoms with van der Waals surface area (Å²) in [4.78, 5) is 0. The molecule has 1 aliphatic rings.